The van der Waals surface area contributed by atoms with E-state index in [2.05, 4.69) is 18.1 Å². The summed E-state index contributed by atoms with van der Waals surface area (Å²) in [7, 11) is -1.93. The summed E-state index contributed by atoms with van der Waals surface area (Å²) in [6, 6.07) is 8.05. The molecule has 0 amide bonds. The van der Waals surface area contributed by atoms with Gasteiger partial charge in [-0.3, -0.25) is 0 Å². The molecule has 1 aliphatic heterocycles. The summed E-state index contributed by atoms with van der Waals surface area (Å²) >= 11 is 0. The Labute approximate surface area is 170 Å². The second-order valence-corrected chi connectivity index (χ2v) is 8.62. The zero-order chi connectivity index (χ0) is 20.2. The molecule has 6 heteroatoms. The molecular formula is C22H33O5P. The lowest BCUT2D eigenvalue weighted by Crippen LogP contribution is -2.39. The number of terminal acetylenes is 1. The Morgan fingerprint density at radius 2 is 1.79 bits per heavy atom. The van der Waals surface area contributed by atoms with Crippen LogP contribution in [0.2, 0.25) is 0 Å². The molecule has 1 aliphatic rings. The molecule has 28 heavy (non-hydrogen) atoms. The monoisotopic (exact) mass is 408 g/mol. The molecule has 1 aromatic rings. The first-order valence-corrected chi connectivity index (χ1v) is 11.7. The molecule has 3 atom stereocenters. The number of aryl methyl sites for hydroxylation is 1. The zero-order valence-corrected chi connectivity index (χ0v) is 17.4. The van der Waals surface area contributed by atoms with E-state index in [1.807, 2.05) is 12.1 Å². The molecule has 0 aliphatic carbocycles. The fraction of sp³-hybridized carbons (Fsp3) is 0.636. The first-order valence-electron chi connectivity index (χ1n) is 10.2. The number of aliphatic hydroxyl groups excluding tert-OH is 1. The van der Waals surface area contributed by atoms with E-state index in [-0.39, 0.29) is 12.3 Å². The van der Waals surface area contributed by atoms with Gasteiger partial charge in [-0.1, -0.05) is 31.4 Å². The van der Waals surface area contributed by atoms with Crippen LogP contribution in [0.15, 0.2) is 24.3 Å². The van der Waals surface area contributed by atoms with Gasteiger partial charge >= 0.3 is 0 Å². The van der Waals surface area contributed by atoms with Crippen molar-refractivity contribution in [2.24, 2.45) is 0 Å². The Bertz CT molecular complexity index is 584. The van der Waals surface area contributed by atoms with Crippen molar-refractivity contribution in [3.63, 3.8) is 0 Å². The Kier molecular flexibility index (Phi) is 10.9. The predicted octanol–water partition coefficient (Wildman–Crippen LogP) is 4.13. The fourth-order valence-corrected chi connectivity index (χ4v) is 3.96. The van der Waals surface area contributed by atoms with Crippen molar-refractivity contribution in [1.82, 2.24) is 0 Å². The van der Waals surface area contributed by atoms with Crippen molar-refractivity contribution in [2.75, 3.05) is 6.16 Å². The van der Waals surface area contributed by atoms with Crippen LogP contribution < -0.4 is 4.74 Å². The van der Waals surface area contributed by atoms with Crippen LogP contribution in [0.3, 0.4) is 0 Å². The normalized spacial score (nSPS) is 22.2. The number of rotatable bonds is 12. The molecule has 0 saturated carbocycles. The molecule has 1 fully saturated rings. The van der Waals surface area contributed by atoms with Crippen LogP contribution in [0.25, 0.3) is 0 Å². The summed E-state index contributed by atoms with van der Waals surface area (Å²) in [4.78, 5) is 18.1. The van der Waals surface area contributed by atoms with Gasteiger partial charge < -0.3 is 24.4 Å². The average molecular weight is 408 g/mol. The Balaban J connectivity index is 1.70. The van der Waals surface area contributed by atoms with E-state index in [9.17, 15) is 5.11 Å². The van der Waals surface area contributed by atoms with Gasteiger partial charge in [0.05, 0.1) is 12.2 Å². The van der Waals surface area contributed by atoms with Crippen LogP contribution in [0.5, 0.6) is 5.75 Å². The maximum absolute atomic E-state index is 10.0. The summed E-state index contributed by atoms with van der Waals surface area (Å²) in [5, 5.41) is 10.0. The van der Waals surface area contributed by atoms with E-state index < -0.39 is 20.8 Å². The van der Waals surface area contributed by atoms with Gasteiger partial charge in [-0.25, -0.2) is 0 Å². The van der Waals surface area contributed by atoms with E-state index in [0.717, 1.165) is 25.0 Å². The van der Waals surface area contributed by atoms with Crippen LogP contribution in [-0.4, -0.2) is 39.6 Å². The molecule has 156 valence electrons. The quantitative estimate of drug-likeness (QED) is 0.275. The van der Waals surface area contributed by atoms with Crippen LogP contribution in [0, 0.1) is 12.3 Å². The van der Waals surface area contributed by atoms with Gasteiger partial charge in [-0.05, 0) is 49.8 Å². The topological polar surface area (TPSA) is 79.2 Å². The van der Waals surface area contributed by atoms with E-state index in [1.54, 1.807) is 0 Å². The van der Waals surface area contributed by atoms with Crippen LogP contribution >= 0.6 is 8.38 Å². The maximum Gasteiger partial charge on any atom is 0.202 e. The van der Waals surface area contributed by atoms with Crippen molar-refractivity contribution in [2.45, 2.75) is 82.7 Å². The molecule has 3 N–H and O–H groups in total. The largest absolute Gasteiger partial charge is 0.465 e. The second kappa shape index (κ2) is 13.1. The highest BCUT2D eigenvalue weighted by Gasteiger charge is 2.29. The zero-order valence-electron chi connectivity index (χ0n) is 16.5. The minimum Gasteiger partial charge on any atom is -0.465 e. The Morgan fingerprint density at radius 3 is 2.50 bits per heavy atom. The highest BCUT2D eigenvalue weighted by atomic mass is 31.2. The third-order valence-electron chi connectivity index (χ3n) is 4.97. The maximum atomic E-state index is 10.0. The van der Waals surface area contributed by atoms with E-state index in [4.69, 9.17) is 25.7 Å². The summed E-state index contributed by atoms with van der Waals surface area (Å²) < 4.78 is 11.7. The first kappa shape index (κ1) is 23.1. The van der Waals surface area contributed by atoms with Gasteiger partial charge in [0.25, 0.3) is 0 Å². The van der Waals surface area contributed by atoms with Crippen molar-refractivity contribution in [3.05, 3.63) is 29.8 Å². The lowest BCUT2D eigenvalue weighted by molar-refractivity contribution is -0.175. The summed E-state index contributed by atoms with van der Waals surface area (Å²) in [5.74, 6) is 3.40. The molecule has 0 aromatic heterocycles. The van der Waals surface area contributed by atoms with E-state index >= 15 is 0 Å². The third-order valence-corrected chi connectivity index (χ3v) is 5.63. The fourth-order valence-electron chi connectivity index (χ4n) is 3.44. The number of unbranched alkanes of at least 4 members (excludes halogenated alkanes) is 5. The lowest BCUT2D eigenvalue weighted by atomic mass is 10.0. The highest BCUT2D eigenvalue weighted by Crippen LogP contribution is 2.30. The van der Waals surface area contributed by atoms with E-state index in [0.29, 0.717) is 19.3 Å². The smallest absolute Gasteiger partial charge is 0.202 e. The summed E-state index contributed by atoms with van der Waals surface area (Å²) in [6.07, 6.45) is 13.7. The molecule has 0 spiro atoms. The second-order valence-electron chi connectivity index (χ2n) is 7.43. The van der Waals surface area contributed by atoms with Crippen molar-refractivity contribution >= 4 is 8.38 Å². The number of hydrogen-bond acceptors (Lipinski definition) is 5. The average Bonchev–Trinajstić information content (AvgIpc) is 2.66. The molecule has 2 rings (SSSR count). The lowest BCUT2D eigenvalue weighted by Gasteiger charge is -2.33. The van der Waals surface area contributed by atoms with Crippen LogP contribution in [0.1, 0.15) is 63.4 Å². The molecule has 0 radical (unpaired) electrons. The highest BCUT2D eigenvalue weighted by molar-refractivity contribution is 7.45. The number of ether oxygens (including phenoxy) is 2. The molecule has 1 saturated heterocycles. The molecule has 1 heterocycles. The predicted molar refractivity (Wildman–Crippen MR) is 112 cm³/mol. The van der Waals surface area contributed by atoms with Crippen molar-refractivity contribution in [1.29, 1.82) is 0 Å². The van der Waals surface area contributed by atoms with Gasteiger partial charge in [-0.2, -0.15) is 0 Å². The van der Waals surface area contributed by atoms with Gasteiger partial charge in [0.15, 0.2) is 8.38 Å². The molecule has 1 aromatic carbocycles. The van der Waals surface area contributed by atoms with Crippen LogP contribution in [-0.2, 0) is 11.2 Å². The Hall–Kier alpha value is -1.15. The number of benzene rings is 1. The molecule has 5 nitrogen and oxygen atoms in total. The van der Waals surface area contributed by atoms with Crippen LogP contribution in [0.4, 0.5) is 0 Å². The summed E-state index contributed by atoms with van der Waals surface area (Å²) in [5.41, 5.74) is 1.29. The SMILES string of the molecule is C#CCCCCCCCc1ccc(O[C@@H]2CC(O)CC(CCP(O)O)O2)cc1. The van der Waals surface area contributed by atoms with Crippen molar-refractivity contribution in [3.8, 4) is 18.1 Å². The van der Waals surface area contributed by atoms with Gasteiger partial charge in [-0.15, -0.1) is 12.3 Å². The minimum atomic E-state index is -1.93. The van der Waals surface area contributed by atoms with Gasteiger partial charge in [0, 0.05) is 19.0 Å². The minimum absolute atomic E-state index is 0.210. The first-order chi connectivity index (χ1) is 13.6. The molecular weight excluding hydrogens is 375 g/mol. The number of hydrogen-bond donors (Lipinski definition) is 3. The van der Waals surface area contributed by atoms with Gasteiger partial charge in [0.2, 0.25) is 6.29 Å². The summed E-state index contributed by atoms with van der Waals surface area (Å²) in [6.45, 7) is 0. The van der Waals surface area contributed by atoms with Gasteiger partial charge in [0.1, 0.15) is 5.75 Å². The standard InChI is InChI=1S/C22H33O5P/c1-2-3-4-5-6-7-8-9-18-10-12-20(13-11-18)26-22-17-19(23)16-21(27-22)14-15-28(24)25/h1,10-13,19,21-25H,3-9,14-17H2/t19?,21?,22-/m0/s1. The third kappa shape index (κ3) is 9.37. The molecule has 0 bridgehead atoms. The number of aliphatic hydroxyl groups is 1. The van der Waals surface area contributed by atoms with Crippen molar-refractivity contribution < 1.29 is 24.4 Å². The molecule has 2 unspecified atom stereocenters. The van der Waals surface area contributed by atoms with E-state index in [1.165, 1.54) is 31.2 Å². The Morgan fingerprint density at radius 1 is 1.07 bits per heavy atom.